The second-order valence-corrected chi connectivity index (χ2v) is 21.7. The molecule has 0 aliphatic heterocycles. The SMILES string of the molecule is Cc1nc2nc(Cl)nc(C(=O)CCCc3ccc(O)cc3)c2s1.Cc1nc2nc(Cl)nc(C(=O)O)c2s1.Cc1nc2nc(N[C@@H](C)c3cncc(F)c3)nc(C(=O)CCCc3ccc(O)cc3)c2s1.NCCc1ccc(O)cc1. The fourth-order valence-electron chi connectivity index (χ4n) is 7.56. The van der Waals surface area contributed by atoms with Gasteiger partial charge in [0.1, 0.15) is 48.6 Å². The van der Waals surface area contributed by atoms with Crippen molar-refractivity contribution in [2.75, 3.05) is 11.9 Å². The van der Waals surface area contributed by atoms with Crippen molar-refractivity contribution in [1.82, 2.24) is 49.8 Å². The number of pyridine rings is 1. The number of aromatic nitrogens is 10. The smallest absolute Gasteiger partial charge is 0.356 e. The number of hydrogen-bond donors (Lipinski definition) is 6. The number of thiazole rings is 3. The molecule has 25 heteroatoms. The number of aromatic hydroxyl groups is 3. The van der Waals surface area contributed by atoms with E-state index in [4.69, 9.17) is 39.1 Å². The van der Waals surface area contributed by atoms with E-state index in [-0.39, 0.29) is 51.3 Å². The number of aromatic carboxylic acids is 1. The molecule has 0 saturated heterocycles. The fourth-order valence-corrected chi connectivity index (χ4v) is 10.5. The molecule has 0 unspecified atom stereocenters. The monoisotopic (exact) mass is 1160 g/mol. The molecular formula is C54H51Cl2FN12O7S3. The molecule has 408 valence electrons. The lowest BCUT2D eigenvalue weighted by molar-refractivity contribution is 0.0692. The van der Waals surface area contributed by atoms with Crippen molar-refractivity contribution in [3.05, 3.63) is 162 Å². The van der Waals surface area contributed by atoms with Gasteiger partial charge in [-0.15, -0.1) is 34.0 Å². The molecule has 7 aromatic heterocycles. The van der Waals surface area contributed by atoms with Crippen molar-refractivity contribution >= 4 is 112 Å². The maximum atomic E-state index is 13.5. The van der Waals surface area contributed by atoms with E-state index in [1.165, 1.54) is 45.6 Å². The van der Waals surface area contributed by atoms with E-state index < -0.39 is 11.8 Å². The Morgan fingerprint density at radius 1 is 0.582 bits per heavy atom. The highest BCUT2D eigenvalue weighted by Gasteiger charge is 2.21. The van der Waals surface area contributed by atoms with E-state index in [1.807, 2.05) is 57.2 Å². The number of Topliss-reactive ketones (excluding diaryl/α,β-unsaturated/α-hetero) is 2. The number of fused-ring (bicyclic) bond motifs is 3. The number of ketones is 2. The Bertz CT molecular complexity index is 3740. The number of carbonyl (C=O) groups is 3. The van der Waals surface area contributed by atoms with Crippen LogP contribution < -0.4 is 11.1 Å². The van der Waals surface area contributed by atoms with Crippen LogP contribution in [0.1, 0.15) is 107 Å². The number of nitrogens with zero attached hydrogens (tertiary/aromatic N) is 10. The van der Waals surface area contributed by atoms with Crippen LogP contribution in [0.4, 0.5) is 10.3 Å². The van der Waals surface area contributed by atoms with Gasteiger partial charge in [0.15, 0.2) is 34.2 Å². The van der Waals surface area contributed by atoms with Gasteiger partial charge in [0.25, 0.3) is 0 Å². The summed E-state index contributed by atoms with van der Waals surface area (Å²) in [7, 11) is 0. The van der Waals surface area contributed by atoms with Crippen molar-refractivity contribution in [2.24, 2.45) is 5.73 Å². The van der Waals surface area contributed by atoms with Gasteiger partial charge in [-0.1, -0.05) is 36.4 Å². The van der Waals surface area contributed by atoms with Crippen LogP contribution in [-0.2, 0) is 19.3 Å². The molecular weight excluding hydrogens is 1110 g/mol. The topological polar surface area (TPSA) is 299 Å². The van der Waals surface area contributed by atoms with Crippen LogP contribution in [0.25, 0.3) is 31.0 Å². The summed E-state index contributed by atoms with van der Waals surface area (Å²) < 4.78 is 15.3. The molecule has 1 atom stereocenters. The molecule has 0 fully saturated rings. The van der Waals surface area contributed by atoms with Gasteiger partial charge in [0, 0.05) is 19.0 Å². The van der Waals surface area contributed by atoms with Crippen LogP contribution in [0.15, 0.2) is 91.3 Å². The van der Waals surface area contributed by atoms with Crippen LogP contribution in [0.3, 0.4) is 0 Å². The highest BCUT2D eigenvalue weighted by Crippen LogP contribution is 2.29. The van der Waals surface area contributed by atoms with Gasteiger partial charge in [0.2, 0.25) is 16.5 Å². The summed E-state index contributed by atoms with van der Waals surface area (Å²) in [5.41, 5.74) is 11.2. The van der Waals surface area contributed by atoms with Crippen LogP contribution in [0, 0.1) is 26.6 Å². The average Bonchev–Trinajstić information content (AvgIpc) is 4.11. The third-order valence-corrected chi connectivity index (χ3v) is 14.5. The van der Waals surface area contributed by atoms with E-state index in [0.29, 0.717) is 86.0 Å². The molecule has 0 saturated carbocycles. The Kier molecular flexibility index (Phi) is 20.6. The Morgan fingerprint density at radius 3 is 1.42 bits per heavy atom. The minimum atomic E-state index is -1.12. The van der Waals surface area contributed by atoms with E-state index in [0.717, 1.165) is 51.6 Å². The Balaban J connectivity index is 0.000000166. The van der Waals surface area contributed by atoms with Crippen molar-refractivity contribution < 1.29 is 39.2 Å². The molecule has 19 nitrogen and oxygen atoms in total. The van der Waals surface area contributed by atoms with Crippen molar-refractivity contribution in [3.63, 3.8) is 0 Å². The molecule has 7 N–H and O–H groups in total. The number of phenols is 3. The average molecular weight is 1170 g/mol. The van der Waals surface area contributed by atoms with Gasteiger partial charge in [-0.2, -0.15) is 15.0 Å². The molecule has 0 aliphatic rings. The van der Waals surface area contributed by atoms with Gasteiger partial charge < -0.3 is 31.5 Å². The number of carboxylic acid groups (broad SMARTS) is 1. The van der Waals surface area contributed by atoms with Gasteiger partial charge in [0.05, 0.1) is 27.3 Å². The maximum Gasteiger partial charge on any atom is 0.356 e. The first kappa shape index (κ1) is 58.9. The summed E-state index contributed by atoms with van der Waals surface area (Å²) in [5, 5.41) is 41.8. The quantitative estimate of drug-likeness (QED) is 0.0387. The fraction of sp³-hybridized carbons (Fsp3) is 0.241. The number of halogens is 3. The normalized spacial score (nSPS) is 11.2. The minimum Gasteiger partial charge on any atom is -0.508 e. The van der Waals surface area contributed by atoms with Crippen LogP contribution in [-0.4, -0.2) is 94.3 Å². The summed E-state index contributed by atoms with van der Waals surface area (Å²) >= 11 is 15.5. The number of nitrogens with one attached hydrogen (secondary N) is 1. The van der Waals surface area contributed by atoms with Crippen molar-refractivity contribution in [2.45, 2.75) is 78.7 Å². The van der Waals surface area contributed by atoms with E-state index in [9.17, 15) is 29.0 Å². The summed E-state index contributed by atoms with van der Waals surface area (Å²) in [6.07, 6.45) is 7.12. The highest BCUT2D eigenvalue weighted by molar-refractivity contribution is 7.19. The number of anilines is 1. The molecule has 0 radical (unpaired) electrons. The zero-order valence-corrected chi connectivity index (χ0v) is 46.8. The number of rotatable bonds is 16. The summed E-state index contributed by atoms with van der Waals surface area (Å²) in [6.45, 7) is 7.99. The number of phenolic OH excluding ortho intramolecular Hbond substituents is 3. The third kappa shape index (κ3) is 16.9. The molecule has 3 aromatic carbocycles. The van der Waals surface area contributed by atoms with Crippen LogP contribution in [0.5, 0.6) is 17.2 Å². The summed E-state index contributed by atoms with van der Waals surface area (Å²) in [6, 6.07) is 22.1. The first-order chi connectivity index (χ1) is 37.8. The molecule has 10 aromatic rings. The van der Waals surface area contributed by atoms with Gasteiger partial charge in [-0.25, -0.2) is 39.1 Å². The lowest BCUT2D eigenvalue weighted by Gasteiger charge is -2.14. The number of aryl methyl sites for hydroxylation is 5. The molecule has 0 amide bonds. The predicted molar refractivity (Wildman–Crippen MR) is 305 cm³/mol. The molecule has 79 heavy (non-hydrogen) atoms. The summed E-state index contributed by atoms with van der Waals surface area (Å²) in [5.74, 6) is -0.651. The van der Waals surface area contributed by atoms with Gasteiger partial charge in [-0.05, 0) is 154 Å². The number of benzene rings is 3. The molecule has 0 spiro atoms. The largest absolute Gasteiger partial charge is 0.508 e. The van der Waals surface area contributed by atoms with Crippen molar-refractivity contribution in [3.8, 4) is 17.2 Å². The maximum absolute atomic E-state index is 13.5. The van der Waals surface area contributed by atoms with Crippen molar-refractivity contribution in [1.29, 1.82) is 0 Å². The lowest BCUT2D eigenvalue weighted by atomic mass is 10.1. The first-order valence-corrected chi connectivity index (χ1v) is 27.5. The predicted octanol–water partition coefficient (Wildman–Crippen LogP) is 11.6. The lowest BCUT2D eigenvalue weighted by Crippen LogP contribution is -2.13. The number of carbonyl (C=O) groups excluding carboxylic acids is 2. The Labute approximate surface area is 473 Å². The molecule has 10 rings (SSSR count). The highest BCUT2D eigenvalue weighted by atomic mass is 35.5. The zero-order valence-electron chi connectivity index (χ0n) is 42.8. The van der Waals surface area contributed by atoms with E-state index in [2.05, 4.69) is 55.2 Å². The second kappa shape index (κ2) is 27.7. The number of hydrogen-bond acceptors (Lipinski definition) is 21. The minimum absolute atomic E-state index is 0.0460. The molecule has 7 heterocycles. The summed E-state index contributed by atoms with van der Waals surface area (Å²) in [4.78, 5) is 77.4. The Morgan fingerprint density at radius 2 is 0.987 bits per heavy atom. The number of nitrogens with two attached hydrogens (primary N) is 1. The van der Waals surface area contributed by atoms with Crippen LogP contribution in [0.2, 0.25) is 10.6 Å². The van der Waals surface area contributed by atoms with Gasteiger partial charge in [-0.3, -0.25) is 14.6 Å². The van der Waals surface area contributed by atoms with Crippen LogP contribution >= 0.6 is 57.2 Å². The van der Waals surface area contributed by atoms with E-state index in [1.54, 1.807) is 49.5 Å². The Hall–Kier alpha value is -7.80. The first-order valence-electron chi connectivity index (χ1n) is 24.3. The molecule has 0 bridgehead atoms. The number of carboxylic acids is 1. The zero-order chi connectivity index (χ0) is 56.8. The second-order valence-electron chi connectivity index (χ2n) is 17.4. The van der Waals surface area contributed by atoms with Gasteiger partial charge >= 0.3 is 5.97 Å². The molecule has 0 aliphatic carbocycles. The third-order valence-electron chi connectivity index (χ3n) is 11.3. The standard InChI is InChI=1S/C23H22FN5O2S.C16H14ClN3O2S.C8H11NO.C7H4ClN3O2S/c1-13(16-10-17(24)12-25-11-16)26-23-28-20(21-22(29-23)27-14(2)32-21)19(31)5-3-4-15-6-8-18(30)9-7-15;1-9-18-15-14(23-9)13(19-16(17)20-15)12(22)4-2-3-10-5-7-11(21)8-6-10;9-6-5-7-1-3-8(10)4-2-7;1-2-9-5-4(14-2)3(6(12)13)10-7(8)11-5/h6-13,30H,3-5H2,1-2H3,(H,26,28,29);5-8,21H,2-4H2,1H3;1-4,10H,5-6,9H2;1H3,(H,12,13)/t13-;;;/m0.../s1. The van der Waals surface area contributed by atoms with E-state index >= 15 is 0 Å².